The molecule has 0 saturated carbocycles. The first-order valence-electron chi connectivity index (χ1n) is 6.64. The normalized spacial score (nSPS) is 10.9. The molecule has 1 aromatic carbocycles. The molecule has 4 rings (SSSR count). The van der Waals surface area contributed by atoms with E-state index in [1.807, 2.05) is 36.4 Å². The molecule has 0 atom stereocenters. The van der Waals surface area contributed by atoms with Crippen molar-refractivity contribution in [3.63, 3.8) is 0 Å². The summed E-state index contributed by atoms with van der Waals surface area (Å²) in [5.74, 6) is 1.29. The summed E-state index contributed by atoms with van der Waals surface area (Å²) in [6.07, 6.45) is 3.44. The van der Waals surface area contributed by atoms with Crippen LogP contribution < -0.4 is 11.1 Å². The van der Waals surface area contributed by atoms with Crippen molar-refractivity contribution in [1.82, 2.24) is 29.9 Å². The molecule has 4 N–H and O–H groups in total. The van der Waals surface area contributed by atoms with Gasteiger partial charge < -0.3 is 11.1 Å². The fourth-order valence-electron chi connectivity index (χ4n) is 2.17. The maximum atomic E-state index is 5.90. The summed E-state index contributed by atoms with van der Waals surface area (Å²) in [7, 11) is 0. The highest BCUT2D eigenvalue weighted by Gasteiger charge is 2.10. The van der Waals surface area contributed by atoms with E-state index in [0.717, 1.165) is 16.6 Å². The topological polar surface area (TPSA) is 110 Å². The number of nitrogens with zero attached hydrogens (tertiary/aromatic N) is 5. The van der Waals surface area contributed by atoms with Gasteiger partial charge in [-0.25, -0.2) is 4.98 Å². The molecule has 0 aliphatic rings. The fourth-order valence-corrected chi connectivity index (χ4v) is 2.17. The van der Waals surface area contributed by atoms with Crippen LogP contribution in [-0.4, -0.2) is 29.9 Å². The Bertz CT molecular complexity index is 924. The second-order valence-electron chi connectivity index (χ2n) is 4.69. The van der Waals surface area contributed by atoms with Gasteiger partial charge in [-0.15, -0.1) is 5.10 Å². The number of fused-ring (bicyclic) bond motifs is 1. The predicted octanol–water partition coefficient (Wildman–Crippen LogP) is 1.86. The van der Waals surface area contributed by atoms with Gasteiger partial charge in [0.15, 0.2) is 5.82 Å². The summed E-state index contributed by atoms with van der Waals surface area (Å²) < 4.78 is 1.48. The first-order chi connectivity index (χ1) is 10.8. The Morgan fingerprint density at radius 2 is 2.14 bits per heavy atom. The standard InChI is InChI=1S/C14H12N8/c15-13-19-14(21-22(13)12-3-1-2-6-16-12)18-10-4-5-11-9(7-10)8-17-20-11/h1-8H,(H,17,20)(H3,15,18,19,21). The van der Waals surface area contributed by atoms with Gasteiger partial charge in [-0.05, 0) is 30.3 Å². The molecule has 0 saturated heterocycles. The minimum atomic E-state index is 0.269. The Morgan fingerprint density at radius 3 is 3.00 bits per heavy atom. The maximum Gasteiger partial charge on any atom is 0.248 e. The van der Waals surface area contributed by atoms with Gasteiger partial charge in [-0.1, -0.05) is 6.07 Å². The highest BCUT2D eigenvalue weighted by Crippen LogP contribution is 2.20. The lowest BCUT2D eigenvalue weighted by molar-refractivity contribution is 0.859. The van der Waals surface area contributed by atoms with Crippen LogP contribution in [0.25, 0.3) is 16.7 Å². The molecule has 0 aliphatic carbocycles. The lowest BCUT2D eigenvalue weighted by Gasteiger charge is -2.01. The van der Waals surface area contributed by atoms with Crippen LogP contribution in [0.4, 0.5) is 17.6 Å². The molecule has 0 radical (unpaired) electrons. The third-order valence-electron chi connectivity index (χ3n) is 3.19. The van der Waals surface area contributed by atoms with Crippen molar-refractivity contribution >= 4 is 28.5 Å². The van der Waals surface area contributed by atoms with Gasteiger partial charge in [0.05, 0.1) is 11.7 Å². The van der Waals surface area contributed by atoms with Gasteiger partial charge in [0, 0.05) is 17.3 Å². The molecule has 4 aromatic rings. The van der Waals surface area contributed by atoms with Gasteiger partial charge in [0.1, 0.15) is 0 Å². The minimum Gasteiger partial charge on any atom is -0.368 e. The van der Waals surface area contributed by atoms with Gasteiger partial charge in [0.25, 0.3) is 0 Å². The third-order valence-corrected chi connectivity index (χ3v) is 3.19. The molecule has 22 heavy (non-hydrogen) atoms. The number of nitrogens with one attached hydrogen (secondary N) is 2. The number of rotatable bonds is 3. The van der Waals surface area contributed by atoms with Crippen molar-refractivity contribution in [3.8, 4) is 5.82 Å². The molecule has 0 unspecified atom stereocenters. The Kier molecular flexibility index (Phi) is 2.72. The summed E-state index contributed by atoms with van der Waals surface area (Å²) in [6.45, 7) is 0. The summed E-state index contributed by atoms with van der Waals surface area (Å²) in [4.78, 5) is 8.41. The van der Waals surface area contributed by atoms with Crippen LogP contribution in [0.1, 0.15) is 0 Å². The zero-order valence-electron chi connectivity index (χ0n) is 11.4. The number of hydrogen-bond donors (Lipinski definition) is 3. The first-order valence-corrected chi connectivity index (χ1v) is 6.64. The number of nitrogens with two attached hydrogens (primary N) is 1. The van der Waals surface area contributed by atoms with E-state index in [4.69, 9.17) is 5.73 Å². The highest BCUT2D eigenvalue weighted by molar-refractivity contribution is 5.82. The molecular weight excluding hydrogens is 280 g/mol. The van der Waals surface area contributed by atoms with E-state index < -0.39 is 0 Å². The van der Waals surface area contributed by atoms with Crippen LogP contribution in [0, 0.1) is 0 Å². The molecule has 8 nitrogen and oxygen atoms in total. The minimum absolute atomic E-state index is 0.269. The Morgan fingerprint density at radius 1 is 1.18 bits per heavy atom. The number of pyridine rings is 1. The Balaban J connectivity index is 1.66. The number of aromatic amines is 1. The van der Waals surface area contributed by atoms with Crippen LogP contribution in [0.5, 0.6) is 0 Å². The molecule has 0 spiro atoms. The number of nitrogen functional groups attached to an aromatic ring is 1. The van der Waals surface area contributed by atoms with E-state index in [1.54, 1.807) is 12.4 Å². The smallest absolute Gasteiger partial charge is 0.248 e. The fraction of sp³-hybridized carbons (Fsp3) is 0. The van der Waals surface area contributed by atoms with Crippen molar-refractivity contribution in [2.24, 2.45) is 0 Å². The van der Waals surface area contributed by atoms with Crippen molar-refractivity contribution in [3.05, 3.63) is 48.8 Å². The van der Waals surface area contributed by atoms with E-state index in [2.05, 4.69) is 30.6 Å². The molecule has 8 heteroatoms. The van der Waals surface area contributed by atoms with Gasteiger partial charge in [0.2, 0.25) is 11.9 Å². The van der Waals surface area contributed by atoms with Crippen LogP contribution in [0.3, 0.4) is 0 Å². The van der Waals surface area contributed by atoms with Crippen molar-refractivity contribution in [1.29, 1.82) is 0 Å². The summed E-state index contributed by atoms with van der Waals surface area (Å²) in [5, 5.41) is 15.3. The quantitative estimate of drug-likeness (QED) is 0.531. The highest BCUT2D eigenvalue weighted by atomic mass is 15.4. The number of anilines is 3. The summed E-state index contributed by atoms with van der Waals surface area (Å²) in [6, 6.07) is 11.3. The summed E-state index contributed by atoms with van der Waals surface area (Å²) >= 11 is 0. The van der Waals surface area contributed by atoms with E-state index in [0.29, 0.717) is 11.8 Å². The number of H-pyrrole nitrogens is 1. The molecule has 0 amide bonds. The molecule has 0 bridgehead atoms. The van der Waals surface area contributed by atoms with Crippen LogP contribution in [-0.2, 0) is 0 Å². The lowest BCUT2D eigenvalue weighted by atomic mass is 10.2. The largest absolute Gasteiger partial charge is 0.368 e. The number of aromatic nitrogens is 6. The Hall–Kier alpha value is -3.42. The second-order valence-corrected chi connectivity index (χ2v) is 4.69. The Labute approximate surface area is 125 Å². The first kappa shape index (κ1) is 12.3. The molecule has 0 aliphatic heterocycles. The van der Waals surface area contributed by atoms with Crippen molar-refractivity contribution in [2.45, 2.75) is 0 Å². The zero-order valence-corrected chi connectivity index (χ0v) is 11.4. The number of hydrogen-bond acceptors (Lipinski definition) is 6. The average molecular weight is 292 g/mol. The van der Waals surface area contributed by atoms with Crippen molar-refractivity contribution in [2.75, 3.05) is 11.1 Å². The maximum absolute atomic E-state index is 5.90. The average Bonchev–Trinajstić information content (AvgIpc) is 3.14. The lowest BCUT2D eigenvalue weighted by Crippen LogP contribution is -2.04. The third kappa shape index (κ3) is 2.12. The van der Waals surface area contributed by atoms with Crippen LogP contribution >= 0.6 is 0 Å². The van der Waals surface area contributed by atoms with Crippen LogP contribution in [0.2, 0.25) is 0 Å². The van der Waals surface area contributed by atoms with E-state index in [9.17, 15) is 0 Å². The van der Waals surface area contributed by atoms with Gasteiger partial charge >= 0.3 is 0 Å². The monoisotopic (exact) mass is 292 g/mol. The SMILES string of the molecule is Nc1nc(Nc2ccc3[nH]ncc3c2)nn1-c1ccccn1. The number of benzene rings is 1. The van der Waals surface area contributed by atoms with Crippen molar-refractivity contribution < 1.29 is 0 Å². The summed E-state index contributed by atoms with van der Waals surface area (Å²) in [5.41, 5.74) is 7.72. The molecule has 3 aromatic heterocycles. The van der Waals surface area contributed by atoms with E-state index >= 15 is 0 Å². The van der Waals surface area contributed by atoms with Crippen LogP contribution in [0.15, 0.2) is 48.8 Å². The zero-order chi connectivity index (χ0) is 14.9. The second kappa shape index (κ2) is 4.85. The van der Waals surface area contributed by atoms with E-state index in [1.165, 1.54) is 4.68 Å². The van der Waals surface area contributed by atoms with Gasteiger partial charge in [-0.2, -0.15) is 14.8 Å². The van der Waals surface area contributed by atoms with Gasteiger partial charge in [-0.3, -0.25) is 5.10 Å². The molecule has 108 valence electrons. The molecule has 0 fully saturated rings. The van der Waals surface area contributed by atoms with E-state index in [-0.39, 0.29) is 5.95 Å². The molecular formula is C14H12N8. The predicted molar refractivity (Wildman–Crippen MR) is 82.9 cm³/mol. The molecule has 3 heterocycles.